The highest BCUT2D eigenvalue weighted by atomic mass is 127. The topological polar surface area (TPSA) is 21.6 Å². The molecule has 0 aromatic heterocycles. The van der Waals surface area contributed by atoms with Crippen LogP contribution < -0.4 is 4.74 Å². The highest BCUT2D eigenvalue weighted by molar-refractivity contribution is 14.1. The molecule has 1 aliphatic rings. The maximum absolute atomic E-state index is 13.0. The number of rotatable bonds is 4. The number of hydrogen-bond donors (Lipinski definition) is 0. The van der Waals surface area contributed by atoms with E-state index in [0.29, 0.717) is 11.6 Å². The van der Waals surface area contributed by atoms with Gasteiger partial charge in [-0.25, -0.2) is 4.39 Å². The van der Waals surface area contributed by atoms with Crippen LogP contribution in [-0.2, 0) is 6.61 Å². The van der Waals surface area contributed by atoms with Crippen molar-refractivity contribution in [3.05, 3.63) is 61.9 Å². The van der Waals surface area contributed by atoms with Gasteiger partial charge in [0.25, 0.3) is 0 Å². The molecular weight excluding hydrogens is 436 g/mol. The van der Waals surface area contributed by atoms with Crippen LogP contribution in [0.25, 0.3) is 0 Å². The molecule has 0 atom stereocenters. The van der Waals surface area contributed by atoms with E-state index in [1.165, 1.54) is 12.1 Å². The van der Waals surface area contributed by atoms with Crippen molar-refractivity contribution in [3.63, 3.8) is 0 Å². The van der Waals surface area contributed by atoms with Crippen molar-refractivity contribution in [2.24, 2.45) is 4.99 Å². The first-order valence-corrected chi connectivity index (χ1v) is 9.11. The average Bonchev–Trinajstić information content (AvgIpc) is 3.02. The van der Waals surface area contributed by atoms with Crippen LogP contribution in [0.4, 0.5) is 4.39 Å². The van der Waals surface area contributed by atoms with Gasteiger partial charge in [0.15, 0.2) is 0 Å². The first kappa shape index (κ1) is 16.1. The quantitative estimate of drug-likeness (QED) is 0.604. The Morgan fingerprint density at radius 2 is 2.14 bits per heavy atom. The second-order valence-electron chi connectivity index (χ2n) is 4.70. The predicted octanol–water partition coefficient (Wildman–Crippen LogP) is 5.16. The summed E-state index contributed by atoms with van der Waals surface area (Å²) >= 11 is 10.0. The summed E-state index contributed by atoms with van der Waals surface area (Å²) in [6.07, 6.45) is 0. The standard InChI is InChI=1S/C16H12ClFINOS/c17-13-8-12(18)3-1-11(13)9-21-15-4-2-10(7-14(15)19)16-20-5-6-22-16/h1-4,7-8H,5-6,9H2. The van der Waals surface area contributed by atoms with Crippen molar-refractivity contribution in [2.75, 3.05) is 12.3 Å². The van der Waals surface area contributed by atoms with Crippen molar-refractivity contribution in [2.45, 2.75) is 6.61 Å². The first-order valence-electron chi connectivity index (χ1n) is 6.67. The van der Waals surface area contributed by atoms with Crippen LogP contribution in [0, 0.1) is 9.39 Å². The fourth-order valence-corrected chi connectivity index (χ4v) is 3.80. The van der Waals surface area contributed by atoms with Gasteiger partial charge in [-0.05, 0) is 52.9 Å². The Morgan fingerprint density at radius 1 is 1.27 bits per heavy atom. The van der Waals surface area contributed by atoms with E-state index >= 15 is 0 Å². The number of aliphatic imine (C=N–C) groups is 1. The zero-order valence-corrected chi connectivity index (χ0v) is 15.2. The van der Waals surface area contributed by atoms with Gasteiger partial charge in [0.2, 0.25) is 0 Å². The number of thioether (sulfide) groups is 1. The van der Waals surface area contributed by atoms with Gasteiger partial charge in [-0.15, -0.1) is 11.8 Å². The molecular formula is C16H12ClFINOS. The number of benzene rings is 2. The summed E-state index contributed by atoms with van der Waals surface area (Å²) in [5, 5.41) is 1.47. The van der Waals surface area contributed by atoms with Gasteiger partial charge in [0.05, 0.1) is 13.6 Å². The van der Waals surface area contributed by atoms with E-state index in [-0.39, 0.29) is 5.82 Å². The summed E-state index contributed by atoms with van der Waals surface area (Å²) in [7, 11) is 0. The number of halogens is 3. The lowest BCUT2D eigenvalue weighted by atomic mass is 10.2. The minimum atomic E-state index is -0.345. The lowest BCUT2D eigenvalue weighted by molar-refractivity contribution is 0.304. The summed E-state index contributed by atoms with van der Waals surface area (Å²) in [4.78, 5) is 4.47. The molecule has 0 saturated carbocycles. The molecule has 0 saturated heterocycles. The van der Waals surface area contributed by atoms with Gasteiger partial charge in [0.1, 0.15) is 18.2 Å². The predicted molar refractivity (Wildman–Crippen MR) is 98.8 cm³/mol. The molecule has 0 N–H and O–H groups in total. The van der Waals surface area contributed by atoms with Crippen molar-refractivity contribution in [3.8, 4) is 5.75 Å². The lowest BCUT2D eigenvalue weighted by Crippen LogP contribution is -2.00. The van der Waals surface area contributed by atoms with Gasteiger partial charge in [-0.2, -0.15) is 0 Å². The number of hydrogen-bond acceptors (Lipinski definition) is 3. The second kappa shape index (κ2) is 7.19. The van der Waals surface area contributed by atoms with E-state index < -0.39 is 0 Å². The average molecular weight is 448 g/mol. The zero-order valence-electron chi connectivity index (χ0n) is 11.5. The summed E-state index contributed by atoms with van der Waals surface area (Å²) < 4.78 is 19.8. The van der Waals surface area contributed by atoms with E-state index in [9.17, 15) is 4.39 Å². The van der Waals surface area contributed by atoms with Crippen LogP contribution >= 0.6 is 46.0 Å². The fraction of sp³-hybridized carbons (Fsp3) is 0.188. The summed E-state index contributed by atoms with van der Waals surface area (Å²) in [5.41, 5.74) is 1.89. The van der Waals surface area contributed by atoms with E-state index in [0.717, 1.165) is 37.8 Å². The molecule has 2 aromatic carbocycles. The van der Waals surface area contributed by atoms with Crippen LogP contribution in [0.3, 0.4) is 0 Å². The van der Waals surface area contributed by atoms with Crippen LogP contribution in [0.15, 0.2) is 41.4 Å². The first-order chi connectivity index (χ1) is 10.6. The molecule has 2 nitrogen and oxygen atoms in total. The number of nitrogens with zero attached hydrogens (tertiary/aromatic N) is 1. The van der Waals surface area contributed by atoms with Crippen LogP contribution in [0.5, 0.6) is 5.75 Å². The Morgan fingerprint density at radius 3 is 2.82 bits per heavy atom. The van der Waals surface area contributed by atoms with Gasteiger partial charge < -0.3 is 4.74 Å². The molecule has 0 fully saturated rings. The third-order valence-electron chi connectivity index (χ3n) is 3.16. The summed E-state index contributed by atoms with van der Waals surface area (Å²) in [6, 6.07) is 10.3. The van der Waals surface area contributed by atoms with E-state index in [1.807, 2.05) is 12.1 Å². The summed E-state index contributed by atoms with van der Waals surface area (Å²) in [6.45, 7) is 1.20. The Kier molecular flexibility index (Phi) is 5.25. The molecule has 0 aliphatic carbocycles. The van der Waals surface area contributed by atoms with E-state index in [2.05, 4.69) is 33.6 Å². The molecule has 1 heterocycles. The molecule has 0 bridgehead atoms. The molecule has 3 rings (SSSR count). The third kappa shape index (κ3) is 3.75. The van der Waals surface area contributed by atoms with E-state index in [4.69, 9.17) is 16.3 Å². The van der Waals surface area contributed by atoms with Gasteiger partial charge in [-0.3, -0.25) is 4.99 Å². The fourth-order valence-electron chi connectivity index (χ4n) is 2.05. The second-order valence-corrected chi connectivity index (χ2v) is 7.36. The normalized spacial score (nSPS) is 14.0. The molecule has 6 heteroatoms. The largest absolute Gasteiger partial charge is 0.488 e. The minimum absolute atomic E-state index is 0.310. The number of ether oxygens (including phenoxy) is 1. The highest BCUT2D eigenvalue weighted by Crippen LogP contribution is 2.27. The van der Waals surface area contributed by atoms with Crippen molar-refractivity contribution < 1.29 is 9.13 Å². The van der Waals surface area contributed by atoms with Gasteiger partial charge in [0, 0.05) is 23.4 Å². The summed E-state index contributed by atoms with van der Waals surface area (Å²) in [5.74, 6) is 1.49. The molecule has 2 aromatic rings. The monoisotopic (exact) mass is 447 g/mol. The van der Waals surface area contributed by atoms with Crippen LogP contribution in [0.1, 0.15) is 11.1 Å². The van der Waals surface area contributed by atoms with Gasteiger partial charge in [-0.1, -0.05) is 17.7 Å². The van der Waals surface area contributed by atoms with Crippen LogP contribution in [-0.4, -0.2) is 17.3 Å². The molecule has 0 spiro atoms. The Balaban J connectivity index is 1.72. The third-order valence-corrected chi connectivity index (χ3v) is 5.38. The Bertz CT molecular complexity index is 738. The molecule has 0 amide bonds. The van der Waals surface area contributed by atoms with Crippen LogP contribution in [0.2, 0.25) is 5.02 Å². The molecule has 1 aliphatic heterocycles. The van der Waals surface area contributed by atoms with Crippen molar-refractivity contribution in [1.29, 1.82) is 0 Å². The van der Waals surface area contributed by atoms with Gasteiger partial charge >= 0.3 is 0 Å². The molecule has 0 radical (unpaired) electrons. The maximum atomic E-state index is 13.0. The van der Waals surface area contributed by atoms with E-state index in [1.54, 1.807) is 17.8 Å². The SMILES string of the molecule is Fc1ccc(COc2ccc(C3=NCCS3)cc2I)c(Cl)c1. The Labute approximate surface area is 151 Å². The lowest BCUT2D eigenvalue weighted by Gasteiger charge is -2.11. The molecule has 22 heavy (non-hydrogen) atoms. The smallest absolute Gasteiger partial charge is 0.133 e. The van der Waals surface area contributed by atoms with Crippen molar-refractivity contribution in [1.82, 2.24) is 0 Å². The van der Waals surface area contributed by atoms with Crippen molar-refractivity contribution >= 4 is 51.0 Å². The minimum Gasteiger partial charge on any atom is -0.488 e. The maximum Gasteiger partial charge on any atom is 0.133 e. The molecule has 114 valence electrons. The Hall–Kier alpha value is -0.790. The zero-order chi connectivity index (χ0) is 15.5. The molecule has 0 unspecified atom stereocenters. The highest BCUT2D eigenvalue weighted by Gasteiger charge is 2.12.